The highest BCUT2D eigenvalue weighted by atomic mass is 32.1. The standard InChI is InChI=1S/C20H19F3N4O2S/c1-11-25-8-17(30-11)14-7-16(19(24)28)26-15-6-12(2-3-13(14)15)9-27-4-5-29-18(10-27)20(21,22)23/h2-3,6-8,18H,4-5,9-10H2,1H3,(H2,24,28). The number of alkyl halides is 3. The molecule has 1 fully saturated rings. The molecule has 1 saturated heterocycles. The van der Waals surface area contributed by atoms with Crippen LogP contribution in [-0.4, -0.2) is 52.8 Å². The lowest BCUT2D eigenvalue weighted by Crippen LogP contribution is -2.48. The first-order valence-corrected chi connectivity index (χ1v) is 10.1. The summed E-state index contributed by atoms with van der Waals surface area (Å²) in [5.74, 6) is -0.647. The van der Waals surface area contributed by atoms with Gasteiger partial charge < -0.3 is 10.5 Å². The fourth-order valence-corrected chi connectivity index (χ4v) is 4.30. The van der Waals surface area contributed by atoms with Crippen LogP contribution in [-0.2, 0) is 11.3 Å². The summed E-state index contributed by atoms with van der Waals surface area (Å²) >= 11 is 1.49. The first kappa shape index (κ1) is 20.7. The van der Waals surface area contributed by atoms with Crippen molar-refractivity contribution in [2.24, 2.45) is 5.73 Å². The van der Waals surface area contributed by atoms with Crippen LogP contribution >= 0.6 is 11.3 Å². The maximum atomic E-state index is 13.0. The quantitative estimate of drug-likeness (QED) is 0.677. The number of thiazole rings is 1. The van der Waals surface area contributed by atoms with Gasteiger partial charge in [0.25, 0.3) is 5.91 Å². The largest absolute Gasteiger partial charge is 0.415 e. The van der Waals surface area contributed by atoms with Gasteiger partial charge >= 0.3 is 6.18 Å². The van der Waals surface area contributed by atoms with Gasteiger partial charge in [0.15, 0.2) is 6.10 Å². The third-order valence-corrected chi connectivity index (χ3v) is 5.88. The smallest absolute Gasteiger partial charge is 0.366 e. The van der Waals surface area contributed by atoms with E-state index in [-0.39, 0.29) is 18.8 Å². The Kier molecular flexibility index (Phi) is 5.48. The summed E-state index contributed by atoms with van der Waals surface area (Å²) in [5, 5.41) is 1.71. The second-order valence-electron chi connectivity index (χ2n) is 7.15. The zero-order valence-electron chi connectivity index (χ0n) is 16.1. The molecule has 1 atom stereocenters. The molecule has 0 spiro atoms. The van der Waals surface area contributed by atoms with Crippen LogP contribution < -0.4 is 5.73 Å². The molecule has 0 aliphatic carbocycles. The number of aryl methyl sites for hydroxylation is 1. The topological polar surface area (TPSA) is 81.3 Å². The van der Waals surface area contributed by atoms with E-state index in [1.54, 1.807) is 23.2 Å². The summed E-state index contributed by atoms with van der Waals surface area (Å²) in [4.78, 5) is 23.0. The predicted molar refractivity (Wildman–Crippen MR) is 107 cm³/mol. The molecule has 2 aromatic heterocycles. The molecule has 158 valence electrons. The molecule has 1 unspecified atom stereocenters. The van der Waals surface area contributed by atoms with E-state index in [2.05, 4.69) is 9.97 Å². The third-order valence-electron chi connectivity index (χ3n) is 4.94. The zero-order chi connectivity index (χ0) is 21.5. The number of amides is 1. The van der Waals surface area contributed by atoms with Gasteiger partial charge in [-0.15, -0.1) is 11.3 Å². The molecule has 1 aromatic carbocycles. The Bertz CT molecular complexity index is 1100. The number of ether oxygens (including phenoxy) is 1. The number of pyridine rings is 1. The molecule has 0 saturated carbocycles. The summed E-state index contributed by atoms with van der Waals surface area (Å²) < 4.78 is 43.8. The molecule has 1 aliphatic rings. The molecule has 2 N–H and O–H groups in total. The number of rotatable bonds is 4. The van der Waals surface area contributed by atoms with E-state index >= 15 is 0 Å². The number of benzene rings is 1. The number of fused-ring (bicyclic) bond motifs is 1. The lowest BCUT2D eigenvalue weighted by Gasteiger charge is -2.33. The molecule has 3 aromatic rings. The van der Waals surface area contributed by atoms with Gasteiger partial charge in [-0.2, -0.15) is 13.2 Å². The number of carbonyl (C=O) groups is 1. The Morgan fingerprint density at radius 2 is 2.17 bits per heavy atom. The number of hydrogen-bond acceptors (Lipinski definition) is 6. The normalized spacial score (nSPS) is 18.1. The number of hydrogen-bond donors (Lipinski definition) is 1. The van der Waals surface area contributed by atoms with Crippen LogP contribution in [0.15, 0.2) is 30.5 Å². The van der Waals surface area contributed by atoms with Gasteiger partial charge in [0.2, 0.25) is 0 Å². The van der Waals surface area contributed by atoms with Crippen molar-refractivity contribution in [3.8, 4) is 10.4 Å². The van der Waals surface area contributed by atoms with Crippen LogP contribution in [0.1, 0.15) is 21.1 Å². The number of nitrogens with zero attached hydrogens (tertiary/aromatic N) is 3. The van der Waals surface area contributed by atoms with Crippen molar-refractivity contribution < 1.29 is 22.7 Å². The van der Waals surface area contributed by atoms with Gasteiger partial charge in [-0.1, -0.05) is 12.1 Å². The van der Waals surface area contributed by atoms with E-state index in [1.807, 2.05) is 19.1 Å². The molecular weight excluding hydrogens is 417 g/mol. The van der Waals surface area contributed by atoms with Crippen molar-refractivity contribution in [3.05, 3.63) is 46.7 Å². The first-order chi connectivity index (χ1) is 14.2. The van der Waals surface area contributed by atoms with Gasteiger partial charge in [0.05, 0.1) is 22.0 Å². The van der Waals surface area contributed by atoms with Gasteiger partial charge in [-0.05, 0) is 24.6 Å². The number of halogens is 3. The summed E-state index contributed by atoms with van der Waals surface area (Å²) in [6.07, 6.45) is -4.44. The van der Waals surface area contributed by atoms with E-state index < -0.39 is 18.2 Å². The molecule has 30 heavy (non-hydrogen) atoms. The Hall–Kier alpha value is -2.56. The Morgan fingerprint density at radius 3 is 2.83 bits per heavy atom. The van der Waals surface area contributed by atoms with Crippen molar-refractivity contribution in [3.63, 3.8) is 0 Å². The first-order valence-electron chi connectivity index (χ1n) is 9.27. The summed E-state index contributed by atoms with van der Waals surface area (Å²) in [5.41, 5.74) is 7.75. The van der Waals surface area contributed by atoms with E-state index in [1.165, 1.54) is 11.3 Å². The number of primary amides is 1. The minimum atomic E-state index is -4.39. The van der Waals surface area contributed by atoms with E-state index in [9.17, 15) is 18.0 Å². The lowest BCUT2D eigenvalue weighted by atomic mass is 10.0. The summed E-state index contributed by atoms with van der Waals surface area (Å²) in [6.45, 7) is 2.42. The van der Waals surface area contributed by atoms with Crippen molar-refractivity contribution >= 4 is 28.1 Å². The molecule has 1 amide bonds. The molecular formula is C20H19F3N4O2S. The van der Waals surface area contributed by atoms with Crippen LogP contribution in [0.2, 0.25) is 0 Å². The second-order valence-corrected chi connectivity index (χ2v) is 8.39. The predicted octanol–water partition coefficient (Wildman–Crippen LogP) is 3.53. The second kappa shape index (κ2) is 7.93. The third kappa shape index (κ3) is 4.30. The Labute approximate surface area is 174 Å². The highest BCUT2D eigenvalue weighted by molar-refractivity contribution is 7.15. The number of aromatic nitrogens is 2. The fraction of sp³-hybridized carbons (Fsp3) is 0.350. The molecule has 0 bridgehead atoms. The minimum Gasteiger partial charge on any atom is -0.366 e. The van der Waals surface area contributed by atoms with Crippen molar-refractivity contribution in [2.45, 2.75) is 25.7 Å². The zero-order valence-corrected chi connectivity index (χ0v) is 16.9. The van der Waals surface area contributed by atoms with Crippen molar-refractivity contribution in [2.75, 3.05) is 19.7 Å². The van der Waals surface area contributed by atoms with Gasteiger partial charge in [-0.25, -0.2) is 9.97 Å². The monoisotopic (exact) mass is 436 g/mol. The van der Waals surface area contributed by atoms with Crippen molar-refractivity contribution in [1.82, 2.24) is 14.9 Å². The Morgan fingerprint density at radius 1 is 1.37 bits per heavy atom. The highest BCUT2D eigenvalue weighted by Crippen LogP contribution is 2.33. The summed E-state index contributed by atoms with van der Waals surface area (Å²) in [7, 11) is 0. The SMILES string of the molecule is Cc1ncc(-c2cc(C(N)=O)nc3cc(CN4CCOC(C(F)(F)F)C4)ccc23)s1. The van der Waals surface area contributed by atoms with Gasteiger partial charge in [0, 0.05) is 36.8 Å². The number of nitrogens with two attached hydrogens (primary N) is 1. The minimum absolute atomic E-state index is 0.0245. The van der Waals surface area contributed by atoms with E-state index in [0.29, 0.717) is 18.6 Å². The Balaban J connectivity index is 1.67. The number of morpholine rings is 1. The van der Waals surface area contributed by atoms with E-state index in [0.717, 1.165) is 26.4 Å². The van der Waals surface area contributed by atoms with Crippen LogP contribution in [0.25, 0.3) is 21.3 Å². The van der Waals surface area contributed by atoms with E-state index in [4.69, 9.17) is 10.5 Å². The van der Waals surface area contributed by atoms with Crippen LogP contribution in [0.3, 0.4) is 0 Å². The average molecular weight is 436 g/mol. The molecule has 3 heterocycles. The summed E-state index contributed by atoms with van der Waals surface area (Å²) in [6, 6.07) is 7.17. The molecule has 10 heteroatoms. The molecule has 1 aliphatic heterocycles. The lowest BCUT2D eigenvalue weighted by molar-refractivity contribution is -0.237. The fourth-order valence-electron chi connectivity index (χ4n) is 3.49. The maximum Gasteiger partial charge on any atom is 0.415 e. The van der Waals surface area contributed by atoms with Crippen LogP contribution in [0.4, 0.5) is 13.2 Å². The van der Waals surface area contributed by atoms with Crippen molar-refractivity contribution in [1.29, 1.82) is 0 Å². The molecule has 4 rings (SSSR count). The maximum absolute atomic E-state index is 13.0. The van der Waals surface area contributed by atoms with Crippen LogP contribution in [0, 0.1) is 6.92 Å². The van der Waals surface area contributed by atoms with Crippen LogP contribution in [0.5, 0.6) is 0 Å². The average Bonchev–Trinajstić information content (AvgIpc) is 3.12. The highest BCUT2D eigenvalue weighted by Gasteiger charge is 2.43. The molecule has 6 nitrogen and oxygen atoms in total. The van der Waals surface area contributed by atoms with Gasteiger partial charge in [0.1, 0.15) is 5.69 Å². The van der Waals surface area contributed by atoms with Gasteiger partial charge in [-0.3, -0.25) is 9.69 Å². The number of carbonyl (C=O) groups excluding carboxylic acids is 1. The molecule has 0 radical (unpaired) electrons.